The summed E-state index contributed by atoms with van der Waals surface area (Å²) in [6, 6.07) is 9.28. The minimum atomic E-state index is -0.989. The van der Waals surface area contributed by atoms with Crippen LogP contribution in [-0.4, -0.2) is 28.4 Å². The molecule has 1 fully saturated rings. The molecule has 2 atom stereocenters. The third kappa shape index (κ3) is 3.33. The number of carboxylic acids is 1. The predicted molar refractivity (Wildman–Crippen MR) is 89.2 cm³/mol. The molecule has 0 bridgehead atoms. The van der Waals surface area contributed by atoms with Crippen molar-refractivity contribution in [2.75, 3.05) is 6.54 Å². The third-order valence-corrected chi connectivity index (χ3v) is 5.36. The van der Waals surface area contributed by atoms with Gasteiger partial charge in [-0.15, -0.1) is 11.3 Å². The zero-order valence-corrected chi connectivity index (χ0v) is 13.8. The smallest absolute Gasteiger partial charge is 0.308 e. The number of carbonyl (C=O) groups is 2. The highest BCUT2D eigenvalue weighted by molar-refractivity contribution is 7.09. The number of nitrogens with zero attached hydrogens (tertiary/aromatic N) is 1. The molecule has 6 heteroatoms. The summed E-state index contributed by atoms with van der Waals surface area (Å²) in [5.74, 6) is -2.36. The van der Waals surface area contributed by atoms with E-state index < -0.39 is 23.7 Å². The van der Waals surface area contributed by atoms with Crippen molar-refractivity contribution in [1.82, 2.24) is 4.90 Å². The molecule has 126 valence electrons. The molecule has 3 rings (SSSR count). The van der Waals surface area contributed by atoms with E-state index in [0.717, 1.165) is 4.88 Å². The molecular weight excluding hydrogens is 329 g/mol. The summed E-state index contributed by atoms with van der Waals surface area (Å²) in [5.41, 5.74) is 0.282. The lowest BCUT2D eigenvalue weighted by atomic mass is 9.84. The van der Waals surface area contributed by atoms with Crippen molar-refractivity contribution < 1.29 is 19.1 Å². The Labute approximate surface area is 143 Å². The summed E-state index contributed by atoms with van der Waals surface area (Å²) < 4.78 is 14.3. The number of amides is 1. The first-order valence-corrected chi connectivity index (χ1v) is 8.75. The first-order valence-electron chi connectivity index (χ1n) is 7.87. The zero-order valence-electron chi connectivity index (χ0n) is 13.0. The molecule has 2 heterocycles. The van der Waals surface area contributed by atoms with E-state index >= 15 is 0 Å². The highest BCUT2D eigenvalue weighted by Crippen LogP contribution is 2.38. The van der Waals surface area contributed by atoms with Gasteiger partial charge in [0.25, 0.3) is 0 Å². The molecule has 0 saturated carbocycles. The van der Waals surface area contributed by atoms with Crippen molar-refractivity contribution in [1.29, 1.82) is 0 Å². The van der Waals surface area contributed by atoms with Gasteiger partial charge in [0.05, 0.1) is 12.0 Å². The fraction of sp³-hybridized carbons (Fsp3) is 0.333. The zero-order chi connectivity index (χ0) is 17.1. The molecule has 1 aliphatic rings. The van der Waals surface area contributed by atoms with E-state index in [2.05, 4.69) is 0 Å². The Bertz CT molecular complexity index is 732. The second-order valence-corrected chi connectivity index (χ2v) is 6.90. The van der Waals surface area contributed by atoms with Crippen LogP contribution in [0.1, 0.15) is 29.3 Å². The van der Waals surface area contributed by atoms with Crippen molar-refractivity contribution in [3.8, 4) is 0 Å². The molecule has 1 aromatic heterocycles. The molecule has 1 aromatic carbocycles. The molecule has 1 amide bonds. The lowest BCUT2D eigenvalue weighted by Crippen LogP contribution is -2.46. The van der Waals surface area contributed by atoms with Crippen LogP contribution in [0.5, 0.6) is 0 Å². The fourth-order valence-electron chi connectivity index (χ4n) is 3.26. The van der Waals surface area contributed by atoms with Crippen molar-refractivity contribution in [3.05, 3.63) is 58.0 Å². The van der Waals surface area contributed by atoms with Crippen molar-refractivity contribution in [2.45, 2.75) is 25.3 Å². The lowest BCUT2D eigenvalue weighted by Gasteiger charge is -2.40. The Kier molecular flexibility index (Phi) is 4.94. The number of benzene rings is 1. The number of carboxylic acid groups (broad SMARTS) is 1. The van der Waals surface area contributed by atoms with Gasteiger partial charge in [-0.3, -0.25) is 9.59 Å². The van der Waals surface area contributed by atoms with Crippen LogP contribution in [0.25, 0.3) is 0 Å². The number of hydrogen-bond acceptors (Lipinski definition) is 3. The van der Waals surface area contributed by atoms with Gasteiger partial charge >= 0.3 is 5.97 Å². The molecule has 0 aliphatic carbocycles. The molecular formula is C18H18FNO3S. The van der Waals surface area contributed by atoms with Gasteiger partial charge < -0.3 is 10.0 Å². The van der Waals surface area contributed by atoms with Crippen LogP contribution in [0.4, 0.5) is 4.39 Å². The lowest BCUT2D eigenvalue weighted by molar-refractivity contribution is -0.152. The van der Waals surface area contributed by atoms with E-state index in [1.807, 2.05) is 17.5 Å². The summed E-state index contributed by atoms with van der Waals surface area (Å²) in [6.45, 7) is 0.391. The van der Waals surface area contributed by atoms with E-state index in [9.17, 15) is 19.1 Å². The Morgan fingerprint density at radius 1 is 1.29 bits per heavy atom. The van der Waals surface area contributed by atoms with Gasteiger partial charge in [0.1, 0.15) is 5.82 Å². The van der Waals surface area contributed by atoms with E-state index in [4.69, 9.17) is 0 Å². The predicted octanol–water partition coefficient (Wildman–Crippen LogP) is 3.49. The number of halogens is 1. The largest absolute Gasteiger partial charge is 0.481 e. The molecule has 4 nitrogen and oxygen atoms in total. The number of carbonyl (C=O) groups excluding carboxylic acids is 1. The number of hydrogen-bond donors (Lipinski definition) is 1. The summed E-state index contributed by atoms with van der Waals surface area (Å²) in [4.78, 5) is 26.8. The Balaban J connectivity index is 1.93. The van der Waals surface area contributed by atoms with Gasteiger partial charge in [-0.1, -0.05) is 24.3 Å². The molecule has 0 spiro atoms. The topological polar surface area (TPSA) is 57.6 Å². The SMILES string of the molecule is O=C(O)[C@H]1CCC(=O)N(CCc2cccs2)[C@H]1c1ccccc1F. The minimum Gasteiger partial charge on any atom is -0.481 e. The van der Waals surface area contributed by atoms with E-state index in [0.29, 0.717) is 13.0 Å². The number of thiophene rings is 1. The van der Waals surface area contributed by atoms with Crippen LogP contribution in [0.15, 0.2) is 41.8 Å². The van der Waals surface area contributed by atoms with Gasteiger partial charge in [0.2, 0.25) is 5.91 Å². The van der Waals surface area contributed by atoms with Crippen LogP contribution in [0.2, 0.25) is 0 Å². The minimum absolute atomic E-state index is 0.114. The standard InChI is InChI=1S/C18H18FNO3S/c19-15-6-2-1-5-13(15)17-14(18(22)23)7-8-16(21)20(17)10-9-12-4-3-11-24-12/h1-6,11,14,17H,7-10H2,(H,22,23)/t14-,17-/m0/s1. The summed E-state index contributed by atoms with van der Waals surface area (Å²) in [7, 11) is 0. The molecule has 24 heavy (non-hydrogen) atoms. The van der Waals surface area contributed by atoms with Gasteiger partial charge in [-0.2, -0.15) is 0 Å². The maximum absolute atomic E-state index is 14.3. The molecule has 1 N–H and O–H groups in total. The third-order valence-electron chi connectivity index (χ3n) is 4.43. The van der Waals surface area contributed by atoms with Gasteiger partial charge in [0.15, 0.2) is 0 Å². The van der Waals surface area contributed by atoms with Crippen LogP contribution in [0.3, 0.4) is 0 Å². The van der Waals surface area contributed by atoms with E-state index in [1.165, 1.54) is 6.07 Å². The normalized spacial score (nSPS) is 21.0. The first kappa shape index (κ1) is 16.6. The Hall–Kier alpha value is -2.21. The number of aliphatic carboxylic acids is 1. The Morgan fingerprint density at radius 3 is 2.75 bits per heavy atom. The second-order valence-electron chi connectivity index (χ2n) is 5.87. The van der Waals surface area contributed by atoms with Crippen molar-refractivity contribution in [2.24, 2.45) is 5.92 Å². The highest BCUT2D eigenvalue weighted by Gasteiger charge is 2.41. The monoisotopic (exact) mass is 347 g/mol. The average Bonchev–Trinajstić information content (AvgIpc) is 3.07. The Morgan fingerprint density at radius 2 is 2.08 bits per heavy atom. The van der Waals surface area contributed by atoms with Crippen LogP contribution >= 0.6 is 11.3 Å². The molecule has 0 radical (unpaired) electrons. The maximum Gasteiger partial charge on any atom is 0.308 e. The summed E-state index contributed by atoms with van der Waals surface area (Å²) in [5, 5.41) is 11.5. The van der Waals surface area contributed by atoms with Crippen LogP contribution in [0, 0.1) is 11.7 Å². The second kappa shape index (κ2) is 7.13. The van der Waals surface area contributed by atoms with Gasteiger partial charge in [-0.25, -0.2) is 4.39 Å². The van der Waals surface area contributed by atoms with E-state index in [1.54, 1.807) is 34.4 Å². The number of rotatable bonds is 5. The van der Waals surface area contributed by atoms with Crippen molar-refractivity contribution >= 4 is 23.2 Å². The summed E-state index contributed by atoms with van der Waals surface area (Å²) in [6.07, 6.45) is 1.07. The highest BCUT2D eigenvalue weighted by atomic mass is 32.1. The molecule has 0 unspecified atom stereocenters. The van der Waals surface area contributed by atoms with Gasteiger partial charge in [-0.05, 0) is 30.4 Å². The number of likely N-dealkylation sites (tertiary alicyclic amines) is 1. The fourth-order valence-corrected chi connectivity index (χ4v) is 3.96. The number of piperidine rings is 1. The van der Waals surface area contributed by atoms with Crippen molar-refractivity contribution in [3.63, 3.8) is 0 Å². The molecule has 2 aromatic rings. The quantitative estimate of drug-likeness (QED) is 0.901. The van der Waals surface area contributed by atoms with Gasteiger partial charge in [0, 0.05) is 23.4 Å². The maximum atomic E-state index is 14.3. The average molecular weight is 347 g/mol. The van der Waals surface area contributed by atoms with Crippen LogP contribution in [-0.2, 0) is 16.0 Å². The van der Waals surface area contributed by atoms with E-state index in [-0.39, 0.29) is 24.3 Å². The van der Waals surface area contributed by atoms with Crippen LogP contribution < -0.4 is 0 Å². The summed E-state index contributed by atoms with van der Waals surface area (Å²) >= 11 is 1.59. The molecule has 1 saturated heterocycles. The first-order chi connectivity index (χ1) is 11.6. The molecule has 1 aliphatic heterocycles.